The summed E-state index contributed by atoms with van der Waals surface area (Å²) >= 11 is 0. The summed E-state index contributed by atoms with van der Waals surface area (Å²) in [6.45, 7) is 0.551. The minimum absolute atomic E-state index is 0. The zero-order chi connectivity index (χ0) is 15.4. The number of hydrogen-bond donors (Lipinski definition) is 3. The van der Waals surface area contributed by atoms with Crippen LogP contribution in [-0.4, -0.2) is 30.3 Å². The molecule has 0 aromatic heterocycles. The first-order valence-corrected chi connectivity index (χ1v) is 6.04. The summed E-state index contributed by atoms with van der Waals surface area (Å²) in [7, 11) is 0. The minimum Gasteiger partial charge on any atom is -0.375 e. The van der Waals surface area contributed by atoms with Crippen molar-refractivity contribution in [2.45, 2.75) is 18.7 Å². The number of carbonyl (C=O) groups is 1. The van der Waals surface area contributed by atoms with E-state index in [1.165, 1.54) is 25.1 Å². The Hall–Kier alpha value is -1.31. The maximum atomic E-state index is 13.1. The number of nitrogens with two attached hydrogens (primary N) is 1. The van der Waals surface area contributed by atoms with E-state index >= 15 is 0 Å². The van der Waals surface area contributed by atoms with Gasteiger partial charge in [0.25, 0.3) is 0 Å². The van der Waals surface area contributed by atoms with Gasteiger partial charge in [-0.15, -0.1) is 12.4 Å². The van der Waals surface area contributed by atoms with Crippen molar-refractivity contribution in [2.24, 2.45) is 11.7 Å². The van der Waals surface area contributed by atoms with E-state index in [1.807, 2.05) is 0 Å². The molecular formula is C13H18ClF3N2O2. The summed E-state index contributed by atoms with van der Waals surface area (Å²) in [5.74, 6) is -1.26. The Morgan fingerprint density at radius 3 is 2.29 bits per heavy atom. The molecule has 21 heavy (non-hydrogen) atoms. The maximum Gasteiger partial charge on any atom is 0.423 e. The van der Waals surface area contributed by atoms with Gasteiger partial charge in [0.15, 0.2) is 0 Å². The van der Waals surface area contributed by atoms with Crippen molar-refractivity contribution in [1.29, 1.82) is 0 Å². The van der Waals surface area contributed by atoms with Crippen LogP contribution in [0.15, 0.2) is 30.3 Å². The Labute approximate surface area is 126 Å². The molecule has 0 saturated heterocycles. The van der Waals surface area contributed by atoms with Gasteiger partial charge in [0.2, 0.25) is 11.5 Å². The topological polar surface area (TPSA) is 75.4 Å². The number of amides is 1. The fraction of sp³-hybridized carbons (Fsp3) is 0.462. The quantitative estimate of drug-likeness (QED) is 0.769. The monoisotopic (exact) mass is 326 g/mol. The first kappa shape index (κ1) is 19.7. The van der Waals surface area contributed by atoms with Gasteiger partial charge >= 0.3 is 6.18 Å². The van der Waals surface area contributed by atoms with Crippen LogP contribution in [0.4, 0.5) is 13.2 Å². The van der Waals surface area contributed by atoms with E-state index in [4.69, 9.17) is 5.73 Å². The van der Waals surface area contributed by atoms with Crippen molar-refractivity contribution in [3.63, 3.8) is 0 Å². The van der Waals surface area contributed by atoms with E-state index in [-0.39, 0.29) is 24.5 Å². The number of carbonyl (C=O) groups excluding carboxylic acids is 1. The second kappa shape index (κ2) is 7.63. The number of nitrogens with one attached hydrogen (secondary N) is 1. The molecule has 0 spiro atoms. The number of aliphatic hydroxyl groups is 1. The van der Waals surface area contributed by atoms with Crippen molar-refractivity contribution in [1.82, 2.24) is 5.32 Å². The van der Waals surface area contributed by atoms with Gasteiger partial charge in [0, 0.05) is 12.5 Å². The van der Waals surface area contributed by atoms with Gasteiger partial charge in [-0.1, -0.05) is 37.3 Å². The number of halogens is 4. The van der Waals surface area contributed by atoms with Crippen LogP contribution in [-0.2, 0) is 10.4 Å². The van der Waals surface area contributed by atoms with Gasteiger partial charge in [-0.05, 0) is 5.56 Å². The summed E-state index contributed by atoms with van der Waals surface area (Å²) in [6.07, 6.45) is -4.91. The molecule has 0 fully saturated rings. The maximum absolute atomic E-state index is 13.1. The molecule has 0 heterocycles. The van der Waals surface area contributed by atoms with Gasteiger partial charge in [0.1, 0.15) is 0 Å². The average Bonchev–Trinajstić information content (AvgIpc) is 2.43. The molecule has 0 bridgehead atoms. The number of rotatable bonds is 5. The lowest BCUT2D eigenvalue weighted by Crippen LogP contribution is -2.52. The number of alkyl halides is 3. The van der Waals surface area contributed by atoms with Crippen LogP contribution >= 0.6 is 12.4 Å². The average molecular weight is 327 g/mol. The molecule has 120 valence electrons. The Bertz CT molecular complexity index is 456. The van der Waals surface area contributed by atoms with Crippen molar-refractivity contribution >= 4 is 18.3 Å². The van der Waals surface area contributed by atoms with Crippen LogP contribution in [0.3, 0.4) is 0 Å². The summed E-state index contributed by atoms with van der Waals surface area (Å²) in [5.41, 5.74) is 1.81. The standard InChI is InChI=1S/C13H17F3N2O2.ClH/c1-9(7-17)11(19)18-8-12(20,13(14,15)16)10-5-3-2-4-6-10;/h2-6,9,20H,7-8,17H2,1H3,(H,18,19);1H. The van der Waals surface area contributed by atoms with Crippen molar-refractivity contribution in [2.75, 3.05) is 13.1 Å². The molecular weight excluding hydrogens is 309 g/mol. The lowest BCUT2D eigenvalue weighted by atomic mass is 9.92. The first-order valence-electron chi connectivity index (χ1n) is 6.04. The smallest absolute Gasteiger partial charge is 0.375 e. The van der Waals surface area contributed by atoms with Gasteiger partial charge in [-0.25, -0.2) is 0 Å². The van der Waals surface area contributed by atoms with E-state index in [0.29, 0.717) is 0 Å². The Morgan fingerprint density at radius 1 is 1.33 bits per heavy atom. The van der Waals surface area contributed by atoms with Crippen LogP contribution in [0.2, 0.25) is 0 Å². The largest absolute Gasteiger partial charge is 0.423 e. The van der Waals surface area contributed by atoms with E-state index in [1.54, 1.807) is 0 Å². The molecule has 0 radical (unpaired) electrons. The molecule has 0 aliphatic carbocycles. The Morgan fingerprint density at radius 2 is 1.86 bits per heavy atom. The van der Waals surface area contributed by atoms with Crippen LogP contribution in [0.25, 0.3) is 0 Å². The molecule has 1 rings (SSSR count). The summed E-state index contributed by atoms with van der Waals surface area (Å²) in [6, 6.07) is 6.63. The Kier molecular flexibility index (Phi) is 7.15. The highest BCUT2D eigenvalue weighted by atomic mass is 35.5. The second-order valence-corrected chi connectivity index (χ2v) is 4.58. The third kappa shape index (κ3) is 4.59. The molecule has 2 atom stereocenters. The summed E-state index contributed by atoms with van der Waals surface area (Å²) in [5, 5.41) is 12.0. The lowest BCUT2D eigenvalue weighted by Gasteiger charge is -2.31. The molecule has 0 aliphatic heterocycles. The van der Waals surface area contributed by atoms with Crippen molar-refractivity contribution < 1.29 is 23.1 Å². The van der Waals surface area contributed by atoms with Gasteiger partial charge in [-0.3, -0.25) is 4.79 Å². The molecule has 1 aromatic rings. The number of hydrogen-bond acceptors (Lipinski definition) is 3. The van der Waals surface area contributed by atoms with Crippen LogP contribution in [0, 0.1) is 5.92 Å². The normalized spacial score (nSPS) is 15.5. The zero-order valence-electron chi connectivity index (χ0n) is 11.4. The van der Waals surface area contributed by atoms with E-state index in [2.05, 4.69) is 5.32 Å². The zero-order valence-corrected chi connectivity index (χ0v) is 12.2. The molecule has 0 aliphatic rings. The van der Waals surface area contributed by atoms with E-state index < -0.39 is 30.1 Å². The fourth-order valence-corrected chi connectivity index (χ4v) is 1.58. The number of benzene rings is 1. The van der Waals surface area contributed by atoms with Gasteiger partial charge < -0.3 is 16.2 Å². The third-order valence-corrected chi connectivity index (χ3v) is 3.04. The summed E-state index contributed by atoms with van der Waals surface area (Å²) < 4.78 is 39.3. The summed E-state index contributed by atoms with van der Waals surface area (Å²) in [4.78, 5) is 11.5. The first-order chi connectivity index (χ1) is 9.22. The third-order valence-electron chi connectivity index (χ3n) is 3.04. The van der Waals surface area contributed by atoms with Crippen LogP contribution < -0.4 is 11.1 Å². The SMILES string of the molecule is CC(CN)C(=O)NCC(O)(c1ccccc1)C(F)(F)F.Cl. The molecule has 1 aromatic carbocycles. The highest BCUT2D eigenvalue weighted by molar-refractivity contribution is 5.85. The van der Waals surface area contributed by atoms with Crippen LogP contribution in [0.1, 0.15) is 12.5 Å². The van der Waals surface area contributed by atoms with E-state index in [9.17, 15) is 23.1 Å². The second-order valence-electron chi connectivity index (χ2n) is 4.58. The highest BCUT2D eigenvalue weighted by Gasteiger charge is 2.55. The van der Waals surface area contributed by atoms with Gasteiger partial charge in [0.05, 0.1) is 6.54 Å². The molecule has 8 heteroatoms. The molecule has 4 N–H and O–H groups in total. The lowest BCUT2D eigenvalue weighted by molar-refractivity contribution is -0.264. The molecule has 4 nitrogen and oxygen atoms in total. The van der Waals surface area contributed by atoms with Gasteiger partial charge in [-0.2, -0.15) is 13.2 Å². The molecule has 1 amide bonds. The predicted molar refractivity (Wildman–Crippen MR) is 74.9 cm³/mol. The predicted octanol–water partition coefficient (Wildman–Crippen LogP) is 1.57. The highest BCUT2D eigenvalue weighted by Crippen LogP contribution is 2.38. The van der Waals surface area contributed by atoms with Crippen LogP contribution in [0.5, 0.6) is 0 Å². The molecule has 0 saturated carbocycles. The minimum atomic E-state index is -4.91. The van der Waals surface area contributed by atoms with Crippen molar-refractivity contribution in [3.05, 3.63) is 35.9 Å². The Balaban J connectivity index is 0.00000400. The molecule has 2 unspecified atom stereocenters. The fourth-order valence-electron chi connectivity index (χ4n) is 1.58. The van der Waals surface area contributed by atoms with E-state index in [0.717, 1.165) is 12.1 Å². The van der Waals surface area contributed by atoms with Crippen molar-refractivity contribution in [3.8, 4) is 0 Å².